The molecule has 1 unspecified atom stereocenters. The molecule has 5 nitrogen and oxygen atoms in total. The Bertz CT molecular complexity index is 1230. The second-order valence-electron chi connectivity index (χ2n) is 7.16. The lowest BCUT2D eigenvalue weighted by Crippen LogP contribution is -2.04. The first kappa shape index (κ1) is 15.8. The van der Waals surface area contributed by atoms with Gasteiger partial charge in [0.1, 0.15) is 5.65 Å². The molecule has 1 aromatic carbocycles. The molecule has 0 amide bonds. The minimum atomic E-state index is 0.132. The highest BCUT2D eigenvalue weighted by molar-refractivity contribution is 5.99. The molecule has 0 saturated carbocycles. The first-order chi connectivity index (χ1) is 13.2. The van der Waals surface area contributed by atoms with Crippen molar-refractivity contribution in [1.29, 1.82) is 5.26 Å². The van der Waals surface area contributed by atoms with Crippen molar-refractivity contribution in [3.8, 4) is 17.2 Å². The van der Waals surface area contributed by atoms with Crippen molar-refractivity contribution in [3.63, 3.8) is 0 Å². The molecule has 1 atom stereocenters. The maximum absolute atomic E-state index is 9.22. The van der Waals surface area contributed by atoms with Crippen LogP contribution in [0.5, 0.6) is 0 Å². The number of aromatic amines is 1. The van der Waals surface area contributed by atoms with Crippen molar-refractivity contribution in [3.05, 3.63) is 54.5 Å². The zero-order valence-electron chi connectivity index (χ0n) is 15.1. The molecule has 5 heteroatoms. The molecule has 0 radical (unpaired) electrons. The summed E-state index contributed by atoms with van der Waals surface area (Å²) in [5.74, 6) is 0.132. The van der Waals surface area contributed by atoms with Crippen LogP contribution in [0, 0.1) is 17.2 Å². The number of H-pyrrole nitrogens is 1. The molecule has 27 heavy (non-hydrogen) atoms. The molecule has 1 aliphatic rings. The van der Waals surface area contributed by atoms with E-state index in [2.05, 4.69) is 51.5 Å². The highest BCUT2D eigenvalue weighted by Gasteiger charge is 2.20. The normalized spacial score (nSPS) is 17.2. The summed E-state index contributed by atoms with van der Waals surface area (Å²) < 4.78 is 1.89. The van der Waals surface area contributed by atoms with E-state index in [1.165, 1.54) is 11.1 Å². The Morgan fingerprint density at radius 1 is 1.26 bits per heavy atom. The molecular weight excluding hydrogens is 334 g/mol. The molecule has 0 bridgehead atoms. The van der Waals surface area contributed by atoms with Crippen LogP contribution in [0.4, 0.5) is 0 Å². The maximum Gasteiger partial charge on any atom is 0.137 e. The predicted octanol–water partition coefficient (Wildman–Crippen LogP) is 4.82. The fourth-order valence-corrected chi connectivity index (χ4v) is 4.08. The van der Waals surface area contributed by atoms with Gasteiger partial charge in [-0.25, -0.2) is 4.98 Å². The molecule has 0 saturated heterocycles. The third kappa shape index (κ3) is 2.53. The number of nitrogens with one attached hydrogen (secondary N) is 1. The molecule has 0 spiro atoms. The van der Waals surface area contributed by atoms with E-state index < -0.39 is 0 Å². The second-order valence-corrected chi connectivity index (χ2v) is 7.16. The first-order valence-corrected chi connectivity index (χ1v) is 9.22. The lowest BCUT2D eigenvalue weighted by atomic mass is 9.84. The van der Waals surface area contributed by atoms with Crippen molar-refractivity contribution >= 4 is 27.5 Å². The van der Waals surface area contributed by atoms with Crippen LogP contribution in [0.25, 0.3) is 38.6 Å². The molecule has 132 valence electrons. The van der Waals surface area contributed by atoms with Gasteiger partial charge in [-0.15, -0.1) is 0 Å². The summed E-state index contributed by atoms with van der Waals surface area (Å²) >= 11 is 0. The Morgan fingerprint density at radius 2 is 2.19 bits per heavy atom. The van der Waals surface area contributed by atoms with Crippen molar-refractivity contribution in [1.82, 2.24) is 19.7 Å². The van der Waals surface area contributed by atoms with Gasteiger partial charge in [0.2, 0.25) is 0 Å². The van der Waals surface area contributed by atoms with Crippen molar-refractivity contribution < 1.29 is 0 Å². The third-order valence-corrected chi connectivity index (χ3v) is 5.56. The first-order valence-electron chi connectivity index (χ1n) is 9.22. The Morgan fingerprint density at radius 3 is 3.00 bits per heavy atom. The van der Waals surface area contributed by atoms with Gasteiger partial charge >= 0.3 is 0 Å². The van der Waals surface area contributed by atoms with E-state index in [4.69, 9.17) is 0 Å². The fourth-order valence-electron chi connectivity index (χ4n) is 4.08. The summed E-state index contributed by atoms with van der Waals surface area (Å²) in [7, 11) is 1.96. The van der Waals surface area contributed by atoms with E-state index in [1.807, 2.05) is 30.3 Å². The number of fused-ring (bicyclic) bond motifs is 2. The molecule has 1 aliphatic carbocycles. The average Bonchev–Trinajstić information content (AvgIpc) is 3.34. The Balaban J connectivity index is 1.72. The van der Waals surface area contributed by atoms with Crippen LogP contribution in [-0.2, 0) is 7.05 Å². The van der Waals surface area contributed by atoms with Gasteiger partial charge in [-0.2, -0.15) is 10.4 Å². The van der Waals surface area contributed by atoms with Crippen LogP contribution in [0.2, 0.25) is 0 Å². The van der Waals surface area contributed by atoms with E-state index >= 15 is 0 Å². The van der Waals surface area contributed by atoms with E-state index in [0.717, 1.165) is 52.3 Å². The van der Waals surface area contributed by atoms with E-state index in [0.29, 0.717) is 0 Å². The summed E-state index contributed by atoms with van der Waals surface area (Å²) in [5.41, 5.74) is 6.85. The van der Waals surface area contributed by atoms with Gasteiger partial charge in [0.15, 0.2) is 0 Å². The summed E-state index contributed by atoms with van der Waals surface area (Å²) in [6.07, 6.45) is 10.7. The number of allylic oxidation sites excluding steroid dienone is 2. The molecule has 3 heterocycles. The van der Waals surface area contributed by atoms with Gasteiger partial charge in [-0.1, -0.05) is 12.1 Å². The Hall–Kier alpha value is -3.39. The quantitative estimate of drug-likeness (QED) is 0.561. The van der Waals surface area contributed by atoms with Gasteiger partial charge in [0, 0.05) is 35.8 Å². The highest BCUT2D eigenvalue weighted by Crippen LogP contribution is 2.39. The van der Waals surface area contributed by atoms with Gasteiger partial charge in [-0.3, -0.25) is 4.68 Å². The standard InChI is InChI=1S/C22H19N5/c1-27-20-7-6-16(10-17(20)12-26-27)19-13-25-22-18(8-9-24-22)21(19)15-4-2-14(11-23)3-5-15/h4,6-10,12-14H,2-3,5H2,1H3,(H,24,25). The van der Waals surface area contributed by atoms with Crippen molar-refractivity contribution in [2.24, 2.45) is 13.0 Å². The number of pyridine rings is 1. The SMILES string of the molecule is Cn1ncc2cc(-c3cnc4[nH]ccc4c3C3=CCC(C#N)CC3)ccc21. The second kappa shape index (κ2) is 6.10. The number of hydrogen-bond donors (Lipinski definition) is 1. The van der Waals surface area contributed by atoms with Gasteiger partial charge in [0.25, 0.3) is 0 Å². The molecule has 0 aliphatic heterocycles. The molecule has 3 aromatic heterocycles. The highest BCUT2D eigenvalue weighted by atomic mass is 15.2. The van der Waals surface area contributed by atoms with Gasteiger partial charge < -0.3 is 4.98 Å². The smallest absolute Gasteiger partial charge is 0.137 e. The molecule has 4 aromatic rings. The third-order valence-electron chi connectivity index (χ3n) is 5.56. The maximum atomic E-state index is 9.22. The summed E-state index contributed by atoms with van der Waals surface area (Å²) in [6, 6.07) is 10.9. The number of benzene rings is 1. The number of aryl methyl sites for hydroxylation is 1. The molecule has 0 fully saturated rings. The molecule has 5 rings (SSSR count). The zero-order valence-corrected chi connectivity index (χ0v) is 15.1. The average molecular weight is 353 g/mol. The fraction of sp³-hybridized carbons (Fsp3) is 0.227. The monoisotopic (exact) mass is 353 g/mol. The molecular formula is C22H19N5. The Labute approximate surface area is 157 Å². The summed E-state index contributed by atoms with van der Waals surface area (Å²) in [6.45, 7) is 0. The zero-order chi connectivity index (χ0) is 18.4. The van der Waals surface area contributed by atoms with Crippen LogP contribution in [-0.4, -0.2) is 19.7 Å². The van der Waals surface area contributed by atoms with Gasteiger partial charge in [0.05, 0.1) is 23.7 Å². The van der Waals surface area contributed by atoms with Crippen LogP contribution < -0.4 is 0 Å². The lowest BCUT2D eigenvalue weighted by molar-refractivity contribution is 0.605. The number of hydrogen-bond acceptors (Lipinski definition) is 3. The van der Waals surface area contributed by atoms with Gasteiger partial charge in [-0.05, 0) is 54.2 Å². The lowest BCUT2D eigenvalue weighted by Gasteiger charge is -2.20. The van der Waals surface area contributed by atoms with Crippen LogP contribution in [0.15, 0.2) is 48.9 Å². The van der Waals surface area contributed by atoms with E-state index in [1.54, 1.807) is 0 Å². The minimum absolute atomic E-state index is 0.132. The van der Waals surface area contributed by atoms with Crippen LogP contribution in [0.3, 0.4) is 0 Å². The van der Waals surface area contributed by atoms with Crippen molar-refractivity contribution in [2.45, 2.75) is 19.3 Å². The van der Waals surface area contributed by atoms with E-state index in [-0.39, 0.29) is 5.92 Å². The topological polar surface area (TPSA) is 70.3 Å². The summed E-state index contributed by atoms with van der Waals surface area (Å²) in [5, 5.41) is 15.8. The largest absolute Gasteiger partial charge is 0.346 e. The number of nitriles is 1. The van der Waals surface area contributed by atoms with E-state index in [9.17, 15) is 5.26 Å². The summed E-state index contributed by atoms with van der Waals surface area (Å²) in [4.78, 5) is 7.86. The molecule has 1 N–H and O–H groups in total. The number of rotatable bonds is 2. The van der Waals surface area contributed by atoms with Crippen molar-refractivity contribution in [2.75, 3.05) is 0 Å². The van der Waals surface area contributed by atoms with Crippen LogP contribution in [0.1, 0.15) is 24.8 Å². The minimum Gasteiger partial charge on any atom is -0.346 e. The Kier molecular flexibility index (Phi) is 3.58. The number of aromatic nitrogens is 4. The number of nitrogens with zero attached hydrogens (tertiary/aromatic N) is 4. The van der Waals surface area contributed by atoms with Crippen LogP contribution >= 0.6 is 0 Å². The predicted molar refractivity (Wildman–Crippen MR) is 107 cm³/mol.